The Kier molecular flexibility index (Phi) is 1.85. The van der Waals surface area contributed by atoms with Gasteiger partial charge in [0.15, 0.2) is 0 Å². The summed E-state index contributed by atoms with van der Waals surface area (Å²) in [4.78, 5) is 11.6. The van der Waals surface area contributed by atoms with E-state index < -0.39 is 0 Å². The molecule has 0 bridgehead atoms. The summed E-state index contributed by atoms with van der Waals surface area (Å²) >= 11 is 1.46. The summed E-state index contributed by atoms with van der Waals surface area (Å²) < 4.78 is 0. The van der Waals surface area contributed by atoms with Crippen LogP contribution in [-0.4, -0.2) is 13.5 Å². The van der Waals surface area contributed by atoms with Crippen molar-refractivity contribution in [2.24, 2.45) is 0 Å². The zero-order valence-corrected chi connectivity index (χ0v) is 5.81. The van der Waals surface area contributed by atoms with Crippen LogP contribution in [0, 0.1) is 5.38 Å². The molecule has 1 heterocycles. The predicted molar refractivity (Wildman–Crippen MR) is 37.6 cm³/mol. The molecule has 0 aliphatic carbocycles. The number of thiophene rings is 1. The summed E-state index contributed by atoms with van der Waals surface area (Å²) in [5.74, 6) is 0. The van der Waals surface area contributed by atoms with E-state index in [1.54, 1.807) is 13.1 Å². The van der Waals surface area contributed by atoms with E-state index >= 15 is 0 Å². The Balaban J connectivity index is 2.76. The second-order valence-corrected chi connectivity index (χ2v) is 2.35. The van der Waals surface area contributed by atoms with Crippen LogP contribution in [0.4, 0.5) is 5.69 Å². The van der Waals surface area contributed by atoms with Crippen LogP contribution >= 0.6 is 11.3 Å². The molecule has 0 aromatic carbocycles. The van der Waals surface area contributed by atoms with Crippen LogP contribution in [0.2, 0.25) is 0 Å². The van der Waals surface area contributed by atoms with Crippen LogP contribution in [0.25, 0.3) is 0 Å². The van der Waals surface area contributed by atoms with Gasteiger partial charge in [-0.15, -0.1) is 11.3 Å². The van der Waals surface area contributed by atoms with E-state index in [0.29, 0.717) is 0 Å². The zero-order chi connectivity index (χ0) is 6.69. The average Bonchev–Trinajstić information content (AvgIpc) is 2.37. The topological polar surface area (TPSA) is 20.3 Å². The molecule has 0 atom stereocenters. The smallest absolute Gasteiger partial charge is 0.213 e. The highest BCUT2D eigenvalue weighted by atomic mass is 32.1. The van der Waals surface area contributed by atoms with Gasteiger partial charge in [0, 0.05) is 17.8 Å². The highest BCUT2D eigenvalue weighted by Crippen LogP contribution is 2.13. The molecule has 3 heteroatoms. The van der Waals surface area contributed by atoms with Crippen molar-refractivity contribution < 1.29 is 4.79 Å². The van der Waals surface area contributed by atoms with Crippen molar-refractivity contribution in [3.8, 4) is 0 Å². The molecule has 9 heavy (non-hydrogen) atoms. The first-order valence-corrected chi connectivity index (χ1v) is 3.35. The van der Waals surface area contributed by atoms with Crippen molar-refractivity contribution in [2.45, 2.75) is 0 Å². The quantitative estimate of drug-likeness (QED) is 0.564. The fourth-order valence-electron chi connectivity index (χ4n) is 0.469. The van der Waals surface area contributed by atoms with E-state index in [2.05, 4.69) is 5.38 Å². The number of amides is 1. The summed E-state index contributed by atoms with van der Waals surface area (Å²) in [5.41, 5.74) is 0.898. The fraction of sp³-hybridized carbons (Fsp3) is 0.167. The standard InChI is InChI=1S/C6H6NOS/c1-7(5-8)6-2-3-9-4-6/h2,4-5H,1H3. The molecule has 1 radical (unpaired) electrons. The first-order valence-electron chi connectivity index (χ1n) is 2.47. The second kappa shape index (κ2) is 2.64. The van der Waals surface area contributed by atoms with Crippen LogP contribution < -0.4 is 4.90 Å². The molecular formula is C6H6NOS. The van der Waals surface area contributed by atoms with Crippen molar-refractivity contribution in [3.05, 3.63) is 16.8 Å². The van der Waals surface area contributed by atoms with E-state index in [9.17, 15) is 4.79 Å². The van der Waals surface area contributed by atoms with E-state index in [4.69, 9.17) is 0 Å². The van der Waals surface area contributed by atoms with Crippen LogP contribution in [0.15, 0.2) is 11.4 Å². The van der Waals surface area contributed by atoms with Gasteiger partial charge in [0.2, 0.25) is 6.41 Å². The van der Waals surface area contributed by atoms with Gasteiger partial charge in [-0.25, -0.2) is 0 Å². The lowest BCUT2D eigenvalue weighted by Crippen LogP contribution is -2.12. The molecule has 1 aromatic rings. The molecule has 47 valence electrons. The fourth-order valence-corrected chi connectivity index (χ4v) is 1.08. The van der Waals surface area contributed by atoms with Crippen molar-refractivity contribution in [1.29, 1.82) is 0 Å². The number of hydrogen-bond donors (Lipinski definition) is 0. The number of anilines is 1. The minimum Gasteiger partial charge on any atom is -0.317 e. The summed E-state index contributed by atoms with van der Waals surface area (Å²) in [6.07, 6.45) is 0.774. The maximum Gasteiger partial charge on any atom is 0.213 e. The zero-order valence-electron chi connectivity index (χ0n) is 5.00. The molecule has 0 unspecified atom stereocenters. The van der Waals surface area contributed by atoms with Crippen molar-refractivity contribution in [2.75, 3.05) is 11.9 Å². The van der Waals surface area contributed by atoms with Crippen LogP contribution in [0.3, 0.4) is 0 Å². The van der Waals surface area contributed by atoms with E-state index in [1.807, 2.05) is 5.38 Å². The third-order valence-corrected chi connectivity index (χ3v) is 1.63. The van der Waals surface area contributed by atoms with Crippen LogP contribution in [0.5, 0.6) is 0 Å². The third-order valence-electron chi connectivity index (χ3n) is 1.02. The molecule has 2 nitrogen and oxygen atoms in total. The van der Waals surface area contributed by atoms with Gasteiger partial charge in [0.1, 0.15) is 0 Å². The van der Waals surface area contributed by atoms with E-state index in [0.717, 1.165) is 12.1 Å². The summed E-state index contributed by atoms with van der Waals surface area (Å²) in [6, 6.07) is 1.78. The Morgan fingerprint density at radius 1 is 1.89 bits per heavy atom. The molecule has 0 fully saturated rings. The average molecular weight is 140 g/mol. The number of carbonyl (C=O) groups excluding carboxylic acids is 1. The van der Waals surface area contributed by atoms with Gasteiger partial charge in [-0.2, -0.15) is 0 Å². The van der Waals surface area contributed by atoms with Crippen molar-refractivity contribution in [3.63, 3.8) is 0 Å². The highest BCUT2D eigenvalue weighted by molar-refractivity contribution is 7.07. The van der Waals surface area contributed by atoms with Gasteiger partial charge in [-0.05, 0) is 6.07 Å². The lowest BCUT2D eigenvalue weighted by molar-refractivity contribution is -0.107. The SMILES string of the molecule is CN(C=O)c1c[c]sc1. The van der Waals surface area contributed by atoms with Gasteiger partial charge in [-0.1, -0.05) is 0 Å². The van der Waals surface area contributed by atoms with Crippen molar-refractivity contribution >= 4 is 23.4 Å². The maximum atomic E-state index is 10.1. The number of carbonyl (C=O) groups is 1. The number of hydrogen-bond acceptors (Lipinski definition) is 2. The predicted octanol–water partition coefficient (Wildman–Crippen LogP) is 1.14. The Labute approximate surface area is 57.7 Å². The van der Waals surface area contributed by atoms with Gasteiger partial charge in [-0.3, -0.25) is 4.79 Å². The molecule has 0 saturated carbocycles. The molecule has 0 saturated heterocycles. The first-order chi connectivity index (χ1) is 4.34. The van der Waals surface area contributed by atoms with Gasteiger partial charge in [0.05, 0.1) is 5.69 Å². The maximum absolute atomic E-state index is 10.1. The normalized spacial score (nSPS) is 9.00. The summed E-state index contributed by atoms with van der Waals surface area (Å²) in [7, 11) is 1.71. The summed E-state index contributed by atoms with van der Waals surface area (Å²) in [5, 5.41) is 4.76. The first kappa shape index (κ1) is 6.29. The monoisotopic (exact) mass is 140 g/mol. The largest absolute Gasteiger partial charge is 0.317 e. The van der Waals surface area contributed by atoms with Gasteiger partial charge in [0.25, 0.3) is 0 Å². The third kappa shape index (κ3) is 1.29. The molecule has 0 N–H and O–H groups in total. The molecule has 0 aliphatic heterocycles. The van der Waals surface area contributed by atoms with Crippen LogP contribution in [-0.2, 0) is 4.79 Å². The Morgan fingerprint density at radius 2 is 2.67 bits per heavy atom. The molecular weight excluding hydrogens is 134 g/mol. The Hall–Kier alpha value is -0.830. The molecule has 0 spiro atoms. The van der Waals surface area contributed by atoms with E-state index in [1.165, 1.54) is 16.2 Å². The van der Waals surface area contributed by atoms with Crippen LogP contribution in [0.1, 0.15) is 0 Å². The Morgan fingerprint density at radius 3 is 3.11 bits per heavy atom. The summed E-state index contributed by atoms with van der Waals surface area (Å²) in [6.45, 7) is 0. The minimum atomic E-state index is 0.774. The van der Waals surface area contributed by atoms with Gasteiger partial charge < -0.3 is 4.90 Å². The second-order valence-electron chi connectivity index (χ2n) is 1.64. The number of rotatable bonds is 2. The Bertz CT molecular complexity index is 183. The minimum absolute atomic E-state index is 0.774. The lowest BCUT2D eigenvalue weighted by atomic mass is 10.5. The molecule has 1 amide bonds. The molecule has 1 rings (SSSR count). The highest BCUT2D eigenvalue weighted by Gasteiger charge is 1.95. The van der Waals surface area contributed by atoms with Crippen molar-refractivity contribution in [1.82, 2.24) is 0 Å². The lowest BCUT2D eigenvalue weighted by Gasteiger charge is -2.04. The van der Waals surface area contributed by atoms with E-state index in [-0.39, 0.29) is 0 Å². The van der Waals surface area contributed by atoms with Gasteiger partial charge >= 0.3 is 0 Å². The molecule has 1 aromatic heterocycles. The number of nitrogens with zero attached hydrogens (tertiary/aromatic N) is 1. The molecule has 0 aliphatic rings.